The number of carbonyl (C=O) groups excluding carboxylic acids is 1. The maximum atomic E-state index is 13.6. The van der Waals surface area contributed by atoms with E-state index in [-0.39, 0.29) is 23.5 Å². The molecule has 1 amide bonds. The summed E-state index contributed by atoms with van der Waals surface area (Å²) in [6, 6.07) is 15.3. The number of fused-ring (bicyclic) bond motifs is 1. The molecule has 2 aromatic carbocycles. The summed E-state index contributed by atoms with van der Waals surface area (Å²) in [5.41, 5.74) is 7.16. The van der Waals surface area contributed by atoms with E-state index < -0.39 is 9.84 Å². The second-order valence-corrected chi connectivity index (χ2v) is 11.6. The van der Waals surface area contributed by atoms with E-state index in [4.69, 9.17) is 4.98 Å². The number of nitrogens with zero attached hydrogens (tertiary/aromatic N) is 3. The minimum Gasteiger partial charge on any atom is -0.322 e. The summed E-state index contributed by atoms with van der Waals surface area (Å²) < 4.78 is 26.1. The van der Waals surface area contributed by atoms with Crippen molar-refractivity contribution in [2.75, 3.05) is 16.8 Å². The number of aryl methyl sites for hydroxylation is 3. The number of hydrogen-bond acceptors (Lipinski definition) is 5. The number of anilines is 1. The molecule has 4 aromatic rings. The maximum Gasteiger partial charge on any atom is 0.256 e. The number of carbonyl (C=O) groups is 1. The van der Waals surface area contributed by atoms with Gasteiger partial charge in [-0.05, 0) is 57.4 Å². The lowest BCUT2D eigenvalue weighted by molar-refractivity contribution is 0.102. The molecular formula is C27H28N4O3S. The smallest absolute Gasteiger partial charge is 0.256 e. The summed E-state index contributed by atoms with van der Waals surface area (Å²) in [5.74, 6) is -0.0829. The van der Waals surface area contributed by atoms with Crippen LogP contribution in [0.5, 0.6) is 0 Å². The fraction of sp³-hybridized carbons (Fsp3) is 0.296. The fourth-order valence-electron chi connectivity index (χ4n) is 4.66. The number of benzene rings is 2. The molecule has 3 heterocycles. The Bertz CT molecular complexity index is 1570. The summed E-state index contributed by atoms with van der Waals surface area (Å²) in [5, 5.41) is 8.39. The molecule has 1 aliphatic heterocycles. The van der Waals surface area contributed by atoms with Crippen molar-refractivity contribution >= 4 is 32.5 Å². The standard InChI is InChI=1S/C27H28N4O3S/c1-16-8-10-20(11-9-16)24-14-22(27(32)29-23-7-5-6-17(2)18(23)3)25-19(4)30-31(26(25)28-24)21-12-13-35(33,34)15-21/h5-11,14,21H,12-13,15H2,1-4H3,(H,29,32). The molecule has 8 heteroatoms. The largest absolute Gasteiger partial charge is 0.322 e. The Morgan fingerprint density at radius 1 is 1.06 bits per heavy atom. The van der Waals surface area contributed by atoms with E-state index in [1.807, 2.05) is 70.2 Å². The first-order valence-electron chi connectivity index (χ1n) is 11.7. The van der Waals surface area contributed by atoms with E-state index in [1.54, 1.807) is 10.7 Å². The first-order chi connectivity index (χ1) is 16.6. The van der Waals surface area contributed by atoms with Gasteiger partial charge in [-0.2, -0.15) is 5.10 Å². The van der Waals surface area contributed by atoms with Crippen LogP contribution in [0.1, 0.15) is 45.2 Å². The molecule has 35 heavy (non-hydrogen) atoms. The Morgan fingerprint density at radius 3 is 2.49 bits per heavy atom. The van der Waals surface area contributed by atoms with Crippen molar-refractivity contribution in [2.45, 2.75) is 40.2 Å². The Hall–Kier alpha value is -3.52. The SMILES string of the molecule is Cc1ccc(-c2cc(C(=O)Nc3cccc(C)c3C)c3c(C)nn(C4CCS(=O)(=O)C4)c3n2)cc1. The highest BCUT2D eigenvalue weighted by atomic mass is 32.2. The molecule has 7 nitrogen and oxygen atoms in total. The molecule has 1 aliphatic rings. The van der Waals surface area contributed by atoms with Gasteiger partial charge in [-0.3, -0.25) is 4.79 Å². The van der Waals surface area contributed by atoms with Gasteiger partial charge in [0.1, 0.15) is 0 Å². The lowest BCUT2D eigenvalue weighted by Gasteiger charge is -2.14. The van der Waals surface area contributed by atoms with Crippen molar-refractivity contribution in [1.29, 1.82) is 0 Å². The van der Waals surface area contributed by atoms with E-state index in [2.05, 4.69) is 10.4 Å². The fourth-order valence-corrected chi connectivity index (χ4v) is 6.36. The van der Waals surface area contributed by atoms with Crippen molar-refractivity contribution in [3.05, 3.63) is 76.5 Å². The van der Waals surface area contributed by atoms with Crippen LogP contribution in [0.15, 0.2) is 48.5 Å². The number of pyridine rings is 1. The zero-order valence-electron chi connectivity index (χ0n) is 20.3. The molecule has 180 valence electrons. The predicted octanol–water partition coefficient (Wildman–Crippen LogP) is 4.94. The van der Waals surface area contributed by atoms with Crippen LogP contribution >= 0.6 is 0 Å². The number of nitrogens with one attached hydrogen (secondary N) is 1. The van der Waals surface area contributed by atoms with Crippen molar-refractivity contribution in [3.63, 3.8) is 0 Å². The topological polar surface area (TPSA) is 94.0 Å². The van der Waals surface area contributed by atoms with Gasteiger partial charge < -0.3 is 5.32 Å². The zero-order chi connectivity index (χ0) is 24.9. The average molecular weight is 489 g/mol. The van der Waals surface area contributed by atoms with E-state index >= 15 is 0 Å². The third-order valence-corrected chi connectivity index (χ3v) is 8.59. The summed E-state index contributed by atoms with van der Waals surface area (Å²) >= 11 is 0. The number of amides is 1. The van der Waals surface area contributed by atoms with Gasteiger partial charge in [0.15, 0.2) is 15.5 Å². The van der Waals surface area contributed by atoms with Gasteiger partial charge >= 0.3 is 0 Å². The number of hydrogen-bond donors (Lipinski definition) is 1. The molecule has 2 aromatic heterocycles. The van der Waals surface area contributed by atoms with E-state index in [0.717, 1.165) is 27.9 Å². The highest BCUT2D eigenvalue weighted by Crippen LogP contribution is 2.33. The van der Waals surface area contributed by atoms with E-state index in [9.17, 15) is 13.2 Å². The van der Waals surface area contributed by atoms with Gasteiger partial charge in [0, 0.05) is 11.3 Å². The van der Waals surface area contributed by atoms with Crippen molar-refractivity contribution in [1.82, 2.24) is 14.8 Å². The van der Waals surface area contributed by atoms with Gasteiger partial charge in [-0.1, -0.05) is 42.0 Å². The summed E-state index contributed by atoms with van der Waals surface area (Å²) in [4.78, 5) is 18.5. The average Bonchev–Trinajstić information content (AvgIpc) is 3.35. The Morgan fingerprint density at radius 2 is 1.80 bits per heavy atom. The summed E-state index contributed by atoms with van der Waals surface area (Å²) in [6.45, 7) is 7.84. The third kappa shape index (κ3) is 4.34. The molecule has 0 aliphatic carbocycles. The van der Waals surface area contributed by atoms with Crippen LogP contribution < -0.4 is 5.32 Å². The van der Waals surface area contributed by atoms with Gasteiger partial charge in [-0.25, -0.2) is 18.1 Å². The Kier molecular flexibility index (Phi) is 5.71. The normalized spacial score (nSPS) is 17.1. The molecule has 0 spiro atoms. The van der Waals surface area contributed by atoms with Crippen LogP contribution in [0.4, 0.5) is 5.69 Å². The molecule has 0 bridgehead atoms. The summed E-state index contributed by atoms with van der Waals surface area (Å²) in [6.07, 6.45) is 0.485. The quantitative estimate of drug-likeness (QED) is 0.439. The molecular weight excluding hydrogens is 460 g/mol. The van der Waals surface area contributed by atoms with Crippen LogP contribution in [0.2, 0.25) is 0 Å². The Balaban J connectivity index is 1.69. The molecule has 1 atom stereocenters. The van der Waals surface area contributed by atoms with Crippen LogP contribution in [0.25, 0.3) is 22.3 Å². The molecule has 1 fully saturated rings. The van der Waals surface area contributed by atoms with E-state index in [1.165, 1.54) is 0 Å². The molecule has 5 rings (SSSR count). The second kappa shape index (κ2) is 8.61. The third-order valence-electron chi connectivity index (χ3n) is 6.84. The summed E-state index contributed by atoms with van der Waals surface area (Å²) in [7, 11) is -3.11. The van der Waals surface area contributed by atoms with Crippen LogP contribution in [0, 0.1) is 27.7 Å². The molecule has 1 unspecified atom stereocenters. The highest BCUT2D eigenvalue weighted by molar-refractivity contribution is 7.91. The molecule has 0 radical (unpaired) electrons. The van der Waals surface area contributed by atoms with Crippen molar-refractivity contribution in [2.24, 2.45) is 0 Å². The molecule has 1 saturated heterocycles. The van der Waals surface area contributed by atoms with Crippen molar-refractivity contribution in [3.8, 4) is 11.3 Å². The van der Waals surface area contributed by atoms with E-state index in [0.29, 0.717) is 34.4 Å². The second-order valence-electron chi connectivity index (χ2n) is 9.41. The number of aromatic nitrogens is 3. The van der Waals surface area contributed by atoms with Gasteiger partial charge in [0.2, 0.25) is 0 Å². The first-order valence-corrected chi connectivity index (χ1v) is 13.5. The number of rotatable bonds is 4. The first kappa shape index (κ1) is 23.2. The minimum absolute atomic E-state index is 0.0314. The molecule has 0 saturated carbocycles. The maximum absolute atomic E-state index is 13.6. The lowest BCUT2D eigenvalue weighted by atomic mass is 10.0. The lowest BCUT2D eigenvalue weighted by Crippen LogP contribution is -2.15. The van der Waals surface area contributed by atoms with Gasteiger partial charge in [-0.15, -0.1) is 0 Å². The number of sulfone groups is 1. The highest BCUT2D eigenvalue weighted by Gasteiger charge is 2.32. The zero-order valence-corrected chi connectivity index (χ0v) is 21.1. The van der Waals surface area contributed by atoms with Crippen LogP contribution in [-0.2, 0) is 9.84 Å². The van der Waals surface area contributed by atoms with Crippen molar-refractivity contribution < 1.29 is 13.2 Å². The Labute approximate surface area is 205 Å². The van der Waals surface area contributed by atoms with Gasteiger partial charge in [0.05, 0.1) is 39.9 Å². The molecule has 1 N–H and O–H groups in total. The monoisotopic (exact) mass is 488 g/mol. The minimum atomic E-state index is -3.11. The van der Waals surface area contributed by atoms with Crippen LogP contribution in [-0.4, -0.2) is 40.6 Å². The predicted molar refractivity (Wildman–Crippen MR) is 139 cm³/mol. The van der Waals surface area contributed by atoms with Gasteiger partial charge in [0.25, 0.3) is 5.91 Å². The van der Waals surface area contributed by atoms with Crippen LogP contribution in [0.3, 0.4) is 0 Å².